The number of nitrogens with two attached hydrogens (primary N) is 1. The Morgan fingerprint density at radius 3 is 2.35 bits per heavy atom. The SMILES string of the molecule is CCN(CC(=O)N(C)CC(=O)N[C@H](Cc1ccccc1)C(=O)O)C(=O)[C@@H](N)CCOC. The average molecular weight is 437 g/mol. The van der Waals surface area contributed by atoms with Crippen LogP contribution in [0.5, 0.6) is 0 Å². The lowest BCUT2D eigenvalue weighted by Crippen LogP contribution is -2.50. The molecule has 10 heteroatoms. The molecule has 3 amide bonds. The summed E-state index contributed by atoms with van der Waals surface area (Å²) in [6, 6.07) is 7.01. The molecule has 10 nitrogen and oxygen atoms in total. The van der Waals surface area contributed by atoms with Crippen molar-refractivity contribution in [1.82, 2.24) is 15.1 Å². The predicted molar refractivity (Wildman–Crippen MR) is 114 cm³/mol. The predicted octanol–water partition coefficient (Wildman–Crippen LogP) is -0.531. The van der Waals surface area contributed by atoms with Crippen LogP contribution in [0.3, 0.4) is 0 Å². The molecule has 0 saturated heterocycles. The lowest BCUT2D eigenvalue weighted by molar-refractivity contribution is -0.143. The summed E-state index contributed by atoms with van der Waals surface area (Å²) in [5.74, 6) is -2.61. The van der Waals surface area contributed by atoms with Crippen LogP contribution in [-0.4, -0.2) is 91.1 Å². The van der Waals surface area contributed by atoms with Crippen LogP contribution in [0.4, 0.5) is 0 Å². The first-order valence-corrected chi connectivity index (χ1v) is 10.0. The van der Waals surface area contributed by atoms with Crippen molar-refractivity contribution in [2.75, 3.05) is 40.4 Å². The van der Waals surface area contributed by atoms with Gasteiger partial charge in [0.2, 0.25) is 17.7 Å². The number of likely N-dealkylation sites (N-methyl/N-ethyl adjacent to an activating group) is 2. The third-order valence-corrected chi connectivity index (χ3v) is 4.69. The summed E-state index contributed by atoms with van der Waals surface area (Å²) in [7, 11) is 2.92. The molecule has 0 radical (unpaired) electrons. The van der Waals surface area contributed by atoms with Crippen molar-refractivity contribution in [2.24, 2.45) is 5.73 Å². The van der Waals surface area contributed by atoms with Crippen molar-refractivity contribution in [3.63, 3.8) is 0 Å². The number of nitrogens with zero attached hydrogens (tertiary/aromatic N) is 2. The molecule has 0 saturated carbocycles. The van der Waals surface area contributed by atoms with Gasteiger partial charge >= 0.3 is 5.97 Å². The fourth-order valence-electron chi connectivity index (χ4n) is 2.83. The molecule has 31 heavy (non-hydrogen) atoms. The summed E-state index contributed by atoms with van der Waals surface area (Å²) in [6.45, 7) is 1.77. The summed E-state index contributed by atoms with van der Waals surface area (Å²) in [6.07, 6.45) is 0.452. The highest BCUT2D eigenvalue weighted by atomic mass is 16.5. The average Bonchev–Trinajstić information content (AvgIpc) is 2.75. The third kappa shape index (κ3) is 9.14. The zero-order chi connectivity index (χ0) is 23.4. The summed E-state index contributed by atoms with van der Waals surface area (Å²) in [4.78, 5) is 51.1. The Kier molecular flexibility index (Phi) is 11.2. The number of aliphatic carboxylic acids is 1. The molecule has 1 aromatic rings. The monoisotopic (exact) mass is 436 g/mol. The minimum atomic E-state index is -1.17. The number of hydrogen-bond acceptors (Lipinski definition) is 6. The normalized spacial score (nSPS) is 12.5. The van der Waals surface area contributed by atoms with Crippen molar-refractivity contribution < 1.29 is 29.0 Å². The smallest absolute Gasteiger partial charge is 0.326 e. The van der Waals surface area contributed by atoms with Gasteiger partial charge in [0.15, 0.2) is 0 Å². The number of rotatable bonds is 13. The summed E-state index contributed by atoms with van der Waals surface area (Å²) >= 11 is 0. The lowest BCUT2D eigenvalue weighted by Gasteiger charge is -2.26. The molecule has 0 bridgehead atoms. The molecule has 0 aliphatic rings. The number of benzene rings is 1. The first kappa shape index (κ1) is 26.1. The summed E-state index contributed by atoms with van der Waals surface area (Å²) in [5, 5.41) is 11.8. The maximum atomic E-state index is 12.5. The number of carbonyl (C=O) groups is 4. The van der Waals surface area contributed by atoms with Gasteiger partial charge in [-0.05, 0) is 18.9 Å². The van der Waals surface area contributed by atoms with Gasteiger partial charge in [-0.2, -0.15) is 0 Å². The first-order valence-electron chi connectivity index (χ1n) is 10.0. The lowest BCUT2D eigenvalue weighted by atomic mass is 10.1. The number of ether oxygens (including phenoxy) is 1. The minimum absolute atomic E-state index is 0.122. The highest BCUT2D eigenvalue weighted by Crippen LogP contribution is 2.04. The molecule has 1 rings (SSSR count). The van der Waals surface area contributed by atoms with Gasteiger partial charge in [-0.3, -0.25) is 14.4 Å². The quantitative estimate of drug-likeness (QED) is 0.377. The van der Waals surface area contributed by atoms with E-state index in [0.29, 0.717) is 13.0 Å². The highest BCUT2D eigenvalue weighted by molar-refractivity contribution is 5.90. The maximum absolute atomic E-state index is 12.5. The summed E-state index contributed by atoms with van der Waals surface area (Å²) < 4.78 is 4.91. The molecule has 0 aliphatic carbocycles. The van der Waals surface area contributed by atoms with Crippen LogP contribution in [0.2, 0.25) is 0 Å². The van der Waals surface area contributed by atoms with Crippen LogP contribution < -0.4 is 11.1 Å². The summed E-state index contributed by atoms with van der Waals surface area (Å²) in [5.41, 5.74) is 6.61. The van der Waals surface area contributed by atoms with Crippen LogP contribution in [0.15, 0.2) is 30.3 Å². The van der Waals surface area contributed by atoms with Crippen LogP contribution in [0, 0.1) is 0 Å². The van der Waals surface area contributed by atoms with Crippen LogP contribution in [-0.2, 0) is 30.3 Å². The van der Waals surface area contributed by atoms with Crippen molar-refractivity contribution in [3.8, 4) is 0 Å². The number of hydrogen-bond donors (Lipinski definition) is 3. The number of carboxylic acid groups (broad SMARTS) is 1. The number of amides is 3. The van der Waals surface area contributed by atoms with Gasteiger partial charge in [0.1, 0.15) is 6.04 Å². The number of nitrogens with one attached hydrogen (secondary N) is 1. The Balaban J connectivity index is 2.61. The number of methoxy groups -OCH3 is 1. The van der Waals surface area contributed by atoms with E-state index < -0.39 is 29.9 Å². The second-order valence-corrected chi connectivity index (χ2v) is 7.14. The van der Waals surface area contributed by atoms with Gasteiger partial charge < -0.3 is 30.7 Å². The molecule has 2 atom stereocenters. The van der Waals surface area contributed by atoms with E-state index in [-0.39, 0.29) is 32.0 Å². The van der Waals surface area contributed by atoms with Gasteiger partial charge in [0.05, 0.1) is 19.1 Å². The van der Waals surface area contributed by atoms with Crippen molar-refractivity contribution in [2.45, 2.75) is 31.8 Å². The van der Waals surface area contributed by atoms with Gasteiger partial charge in [0.25, 0.3) is 0 Å². The van der Waals surface area contributed by atoms with E-state index in [1.807, 2.05) is 6.07 Å². The van der Waals surface area contributed by atoms with Crippen LogP contribution in [0.25, 0.3) is 0 Å². The third-order valence-electron chi connectivity index (χ3n) is 4.69. The minimum Gasteiger partial charge on any atom is -0.480 e. The van der Waals surface area contributed by atoms with Crippen LogP contribution >= 0.6 is 0 Å². The second-order valence-electron chi connectivity index (χ2n) is 7.14. The van der Waals surface area contributed by atoms with E-state index in [4.69, 9.17) is 10.5 Å². The largest absolute Gasteiger partial charge is 0.480 e. The zero-order valence-corrected chi connectivity index (χ0v) is 18.2. The fraction of sp³-hybridized carbons (Fsp3) is 0.524. The van der Waals surface area contributed by atoms with E-state index in [1.165, 1.54) is 19.1 Å². The Hall–Kier alpha value is -2.98. The first-order chi connectivity index (χ1) is 14.7. The van der Waals surface area contributed by atoms with Gasteiger partial charge in [-0.25, -0.2) is 4.79 Å². The standard InChI is InChI=1S/C21H32N4O6/c1-4-25(20(28)16(22)10-11-31-3)14-19(27)24(2)13-18(26)23-17(21(29)30)12-15-8-6-5-7-9-15/h5-9,16-17H,4,10-14,22H2,1-3H3,(H,23,26)(H,29,30)/t16-,17+/m0/s1. The molecule has 1 aromatic carbocycles. The fourth-order valence-corrected chi connectivity index (χ4v) is 2.83. The Labute approximate surface area is 182 Å². The molecule has 0 heterocycles. The molecular formula is C21H32N4O6. The zero-order valence-electron chi connectivity index (χ0n) is 18.2. The van der Waals surface area contributed by atoms with Crippen molar-refractivity contribution in [1.29, 1.82) is 0 Å². The van der Waals surface area contributed by atoms with E-state index in [1.54, 1.807) is 31.2 Å². The van der Waals surface area contributed by atoms with Crippen molar-refractivity contribution >= 4 is 23.7 Å². The van der Waals surface area contributed by atoms with Gasteiger partial charge in [-0.15, -0.1) is 0 Å². The maximum Gasteiger partial charge on any atom is 0.326 e. The number of carboxylic acids is 1. The Bertz CT molecular complexity index is 743. The molecule has 0 spiro atoms. The van der Waals surface area contributed by atoms with Gasteiger partial charge in [0, 0.05) is 33.7 Å². The van der Waals surface area contributed by atoms with Crippen molar-refractivity contribution in [3.05, 3.63) is 35.9 Å². The highest BCUT2D eigenvalue weighted by Gasteiger charge is 2.25. The molecule has 0 fully saturated rings. The van der Waals surface area contributed by atoms with Gasteiger partial charge in [-0.1, -0.05) is 30.3 Å². The van der Waals surface area contributed by atoms with E-state index in [2.05, 4.69) is 5.32 Å². The molecule has 4 N–H and O–H groups in total. The molecular weight excluding hydrogens is 404 g/mol. The number of carbonyl (C=O) groups excluding carboxylic acids is 3. The Morgan fingerprint density at radius 2 is 1.81 bits per heavy atom. The molecule has 172 valence electrons. The topological polar surface area (TPSA) is 142 Å². The Morgan fingerprint density at radius 1 is 1.16 bits per heavy atom. The van der Waals surface area contributed by atoms with E-state index in [9.17, 15) is 24.3 Å². The second kappa shape index (κ2) is 13.3. The molecule has 0 unspecified atom stereocenters. The molecule has 0 aliphatic heterocycles. The van der Waals surface area contributed by atoms with E-state index in [0.717, 1.165) is 10.5 Å². The van der Waals surface area contributed by atoms with E-state index >= 15 is 0 Å². The van der Waals surface area contributed by atoms with Crippen LogP contribution in [0.1, 0.15) is 18.9 Å². The molecule has 0 aromatic heterocycles.